The number of methoxy groups -OCH3 is 2. The van der Waals surface area contributed by atoms with Gasteiger partial charge in [0.15, 0.2) is 0 Å². The topological polar surface area (TPSA) is 83.7 Å². The molecule has 140 valence electrons. The van der Waals surface area contributed by atoms with Crippen LogP contribution < -0.4 is 10.1 Å². The first kappa shape index (κ1) is 18.3. The molecule has 7 nitrogen and oxygen atoms in total. The number of likely N-dealkylation sites (tertiary alicyclic amines) is 1. The van der Waals surface area contributed by atoms with Crippen LogP contribution in [0.5, 0.6) is 5.75 Å². The molecule has 1 atom stereocenters. The fourth-order valence-corrected chi connectivity index (χ4v) is 3.58. The van der Waals surface area contributed by atoms with Crippen molar-refractivity contribution in [3.63, 3.8) is 0 Å². The number of esters is 1. The van der Waals surface area contributed by atoms with Gasteiger partial charge in [-0.25, -0.2) is 4.79 Å². The van der Waals surface area contributed by atoms with Gasteiger partial charge in [0, 0.05) is 6.54 Å². The Bertz CT molecular complexity index is 814. The van der Waals surface area contributed by atoms with Gasteiger partial charge in [-0.1, -0.05) is 13.0 Å². The predicted octanol–water partition coefficient (Wildman–Crippen LogP) is 2.63. The number of rotatable bonds is 5. The van der Waals surface area contributed by atoms with Crippen LogP contribution in [0.1, 0.15) is 30.3 Å². The summed E-state index contributed by atoms with van der Waals surface area (Å²) in [6, 6.07) is 5.44. The molecule has 0 saturated carbocycles. The van der Waals surface area contributed by atoms with E-state index < -0.39 is 5.97 Å². The van der Waals surface area contributed by atoms with Crippen LogP contribution in [0.15, 0.2) is 18.2 Å². The minimum absolute atomic E-state index is 0.156. The van der Waals surface area contributed by atoms with E-state index in [1.807, 2.05) is 12.1 Å². The molecule has 1 fully saturated rings. The van der Waals surface area contributed by atoms with E-state index in [0.29, 0.717) is 34.8 Å². The average Bonchev–Trinajstić information content (AvgIpc) is 2.99. The molecule has 1 aromatic carbocycles. The Morgan fingerprint density at radius 3 is 2.85 bits per heavy atom. The lowest BCUT2D eigenvalue weighted by atomic mass is 10.0. The lowest BCUT2D eigenvalue weighted by molar-refractivity contribution is -0.117. The summed E-state index contributed by atoms with van der Waals surface area (Å²) >= 11 is 0. The van der Waals surface area contributed by atoms with Crippen molar-refractivity contribution in [1.82, 2.24) is 9.88 Å². The number of fused-ring (bicyclic) bond motifs is 1. The molecule has 3 rings (SSSR count). The van der Waals surface area contributed by atoms with E-state index in [1.165, 1.54) is 13.5 Å². The smallest absolute Gasteiger partial charge is 0.356 e. The van der Waals surface area contributed by atoms with Gasteiger partial charge in [-0.3, -0.25) is 9.69 Å². The SMILES string of the molecule is COC(=O)c1[nH]c2cccc(OC)c2c1NC(=O)CN1CCC[C@H](C)C1. The second-order valence-electron chi connectivity index (χ2n) is 6.78. The maximum Gasteiger partial charge on any atom is 0.356 e. The molecule has 0 unspecified atom stereocenters. The number of hydrogen-bond donors (Lipinski definition) is 2. The van der Waals surface area contributed by atoms with Gasteiger partial charge >= 0.3 is 5.97 Å². The van der Waals surface area contributed by atoms with Gasteiger partial charge < -0.3 is 19.8 Å². The largest absolute Gasteiger partial charge is 0.496 e. The predicted molar refractivity (Wildman–Crippen MR) is 99.7 cm³/mol. The van der Waals surface area contributed by atoms with Crippen LogP contribution in [-0.2, 0) is 9.53 Å². The van der Waals surface area contributed by atoms with Crippen molar-refractivity contribution in [2.75, 3.05) is 39.2 Å². The summed E-state index contributed by atoms with van der Waals surface area (Å²) in [6.07, 6.45) is 2.30. The molecule has 2 aromatic rings. The van der Waals surface area contributed by atoms with Gasteiger partial charge in [-0.15, -0.1) is 0 Å². The summed E-state index contributed by atoms with van der Waals surface area (Å²) in [7, 11) is 2.87. The zero-order valence-corrected chi connectivity index (χ0v) is 15.4. The van der Waals surface area contributed by atoms with Crippen molar-refractivity contribution in [2.24, 2.45) is 5.92 Å². The fraction of sp³-hybridized carbons (Fsp3) is 0.474. The highest BCUT2D eigenvalue weighted by Crippen LogP contribution is 2.35. The fourth-order valence-electron chi connectivity index (χ4n) is 3.58. The molecule has 0 aliphatic carbocycles. The Kier molecular flexibility index (Phi) is 5.46. The monoisotopic (exact) mass is 359 g/mol. The maximum atomic E-state index is 12.6. The molecule has 1 saturated heterocycles. The van der Waals surface area contributed by atoms with Crippen LogP contribution in [0.2, 0.25) is 0 Å². The number of anilines is 1. The van der Waals surface area contributed by atoms with Gasteiger partial charge in [0.2, 0.25) is 5.91 Å². The molecular weight excluding hydrogens is 334 g/mol. The second-order valence-corrected chi connectivity index (χ2v) is 6.78. The van der Waals surface area contributed by atoms with E-state index in [4.69, 9.17) is 9.47 Å². The van der Waals surface area contributed by atoms with Crippen LogP contribution in [0.25, 0.3) is 10.9 Å². The van der Waals surface area contributed by atoms with Crippen molar-refractivity contribution in [3.8, 4) is 5.75 Å². The van der Waals surface area contributed by atoms with Gasteiger partial charge in [0.1, 0.15) is 11.4 Å². The summed E-state index contributed by atoms with van der Waals surface area (Å²) in [5.41, 5.74) is 1.32. The number of ether oxygens (including phenoxy) is 2. The zero-order chi connectivity index (χ0) is 18.7. The Balaban J connectivity index is 1.89. The second kappa shape index (κ2) is 7.78. The summed E-state index contributed by atoms with van der Waals surface area (Å²) in [6.45, 7) is 4.32. The third-order valence-electron chi connectivity index (χ3n) is 4.77. The van der Waals surface area contributed by atoms with Gasteiger partial charge in [-0.05, 0) is 37.4 Å². The zero-order valence-electron chi connectivity index (χ0n) is 15.4. The molecule has 0 spiro atoms. The number of benzene rings is 1. The number of carbonyl (C=O) groups excluding carboxylic acids is 2. The van der Waals surface area contributed by atoms with Crippen molar-refractivity contribution < 1.29 is 19.1 Å². The molecule has 2 heterocycles. The van der Waals surface area contributed by atoms with Crippen LogP contribution >= 0.6 is 0 Å². The third-order valence-corrected chi connectivity index (χ3v) is 4.77. The third kappa shape index (κ3) is 3.67. The number of carbonyl (C=O) groups is 2. The minimum atomic E-state index is -0.537. The molecule has 1 aromatic heterocycles. The van der Waals surface area contributed by atoms with Crippen LogP contribution in [0.3, 0.4) is 0 Å². The molecule has 1 aliphatic rings. The summed E-state index contributed by atoms with van der Waals surface area (Å²) in [4.78, 5) is 30.0. The minimum Gasteiger partial charge on any atom is -0.496 e. The summed E-state index contributed by atoms with van der Waals surface area (Å²) in [5, 5.41) is 3.56. The van der Waals surface area contributed by atoms with Gasteiger partial charge in [0.05, 0.1) is 37.4 Å². The Hall–Kier alpha value is -2.54. The van der Waals surface area contributed by atoms with Crippen molar-refractivity contribution in [2.45, 2.75) is 19.8 Å². The average molecular weight is 359 g/mol. The van der Waals surface area contributed by atoms with E-state index >= 15 is 0 Å². The summed E-state index contributed by atoms with van der Waals surface area (Å²) in [5.74, 6) is 0.479. The maximum absolute atomic E-state index is 12.6. The molecule has 7 heteroatoms. The summed E-state index contributed by atoms with van der Waals surface area (Å²) < 4.78 is 10.3. The van der Waals surface area contributed by atoms with E-state index in [-0.39, 0.29) is 11.6 Å². The van der Waals surface area contributed by atoms with Crippen LogP contribution in [-0.4, -0.2) is 55.6 Å². The standard InChI is InChI=1S/C19H25N3O4/c1-12-6-5-9-22(10-12)11-15(23)21-17-16-13(7-4-8-14(16)25-2)20-18(17)19(24)26-3/h4,7-8,12,20H,5-6,9-11H2,1-3H3,(H,21,23)/t12-/m0/s1. The first-order chi connectivity index (χ1) is 12.5. The molecule has 1 amide bonds. The number of amides is 1. The highest BCUT2D eigenvalue weighted by Gasteiger charge is 2.24. The van der Waals surface area contributed by atoms with E-state index in [9.17, 15) is 9.59 Å². The van der Waals surface area contributed by atoms with Gasteiger partial charge in [0.25, 0.3) is 0 Å². The van der Waals surface area contributed by atoms with E-state index in [1.54, 1.807) is 13.2 Å². The number of aromatic nitrogens is 1. The number of nitrogens with zero attached hydrogens (tertiary/aromatic N) is 1. The van der Waals surface area contributed by atoms with Crippen molar-refractivity contribution in [3.05, 3.63) is 23.9 Å². The molecule has 0 bridgehead atoms. The van der Waals surface area contributed by atoms with E-state index in [0.717, 1.165) is 19.5 Å². The number of hydrogen-bond acceptors (Lipinski definition) is 5. The Morgan fingerprint density at radius 2 is 2.15 bits per heavy atom. The highest BCUT2D eigenvalue weighted by molar-refractivity contribution is 6.13. The Labute approximate surface area is 152 Å². The van der Waals surface area contributed by atoms with Crippen LogP contribution in [0, 0.1) is 5.92 Å². The number of aromatic amines is 1. The quantitative estimate of drug-likeness (QED) is 0.802. The first-order valence-corrected chi connectivity index (χ1v) is 8.82. The van der Waals surface area contributed by atoms with Crippen LogP contribution in [0.4, 0.5) is 5.69 Å². The Morgan fingerprint density at radius 1 is 1.35 bits per heavy atom. The molecular formula is C19H25N3O4. The van der Waals surface area contributed by atoms with Gasteiger partial charge in [-0.2, -0.15) is 0 Å². The van der Waals surface area contributed by atoms with Crippen molar-refractivity contribution in [1.29, 1.82) is 0 Å². The highest BCUT2D eigenvalue weighted by atomic mass is 16.5. The lowest BCUT2D eigenvalue weighted by Crippen LogP contribution is -2.39. The number of nitrogens with one attached hydrogen (secondary N) is 2. The molecule has 1 aliphatic heterocycles. The normalized spacial score (nSPS) is 17.9. The number of H-pyrrole nitrogens is 1. The van der Waals surface area contributed by atoms with E-state index in [2.05, 4.69) is 22.1 Å². The molecule has 26 heavy (non-hydrogen) atoms. The molecule has 2 N–H and O–H groups in total. The molecule has 0 radical (unpaired) electrons. The number of piperidine rings is 1. The van der Waals surface area contributed by atoms with Crippen molar-refractivity contribution >= 4 is 28.5 Å². The first-order valence-electron chi connectivity index (χ1n) is 8.82. The lowest BCUT2D eigenvalue weighted by Gasteiger charge is -2.30.